The van der Waals surface area contributed by atoms with Gasteiger partial charge in [0.1, 0.15) is 11.4 Å². The minimum atomic E-state index is -0.503. The highest BCUT2D eigenvalue weighted by Crippen LogP contribution is 2.22. The van der Waals surface area contributed by atoms with Gasteiger partial charge in [0, 0.05) is 22.4 Å². The third-order valence-electron chi connectivity index (χ3n) is 3.35. The molecule has 7 nitrogen and oxygen atoms in total. The Morgan fingerprint density at radius 1 is 1.11 bits per heavy atom. The van der Waals surface area contributed by atoms with Gasteiger partial charge in [-0.25, -0.2) is 15.2 Å². The van der Waals surface area contributed by atoms with Gasteiger partial charge in [0.2, 0.25) is 0 Å². The summed E-state index contributed by atoms with van der Waals surface area (Å²) >= 11 is 3.36. The Bertz CT molecular complexity index is 979. The van der Waals surface area contributed by atoms with E-state index in [9.17, 15) is 9.59 Å². The van der Waals surface area contributed by atoms with Gasteiger partial charge in [0.05, 0.1) is 18.0 Å². The molecular formula is C19H13BrN4O3. The predicted molar refractivity (Wildman–Crippen MR) is 103 cm³/mol. The van der Waals surface area contributed by atoms with E-state index < -0.39 is 11.9 Å². The van der Waals surface area contributed by atoms with E-state index in [2.05, 4.69) is 36.4 Å². The molecule has 2 aromatic carbocycles. The molecule has 0 aliphatic rings. The summed E-state index contributed by atoms with van der Waals surface area (Å²) in [5.74, 6) is -0.683. The van der Waals surface area contributed by atoms with Crippen molar-refractivity contribution in [2.75, 3.05) is 0 Å². The van der Waals surface area contributed by atoms with Crippen LogP contribution in [0.4, 0.5) is 0 Å². The molecule has 0 aliphatic carbocycles. The van der Waals surface area contributed by atoms with Gasteiger partial charge in [0.15, 0.2) is 0 Å². The summed E-state index contributed by atoms with van der Waals surface area (Å²) in [6.45, 7) is 0. The van der Waals surface area contributed by atoms with Gasteiger partial charge in [-0.2, -0.15) is 5.10 Å². The lowest BCUT2D eigenvalue weighted by atomic mass is 10.2. The Morgan fingerprint density at radius 2 is 1.93 bits per heavy atom. The van der Waals surface area contributed by atoms with Gasteiger partial charge in [-0.3, -0.25) is 9.78 Å². The molecule has 3 rings (SSSR count). The first kappa shape index (κ1) is 18.4. The lowest BCUT2D eigenvalue weighted by Crippen LogP contribution is -2.19. The van der Waals surface area contributed by atoms with Crippen LogP contribution in [0, 0.1) is 0 Å². The largest absolute Gasteiger partial charge is 0.422 e. The smallest absolute Gasteiger partial charge is 0.343 e. The number of aromatic nitrogens is 2. The van der Waals surface area contributed by atoms with Crippen LogP contribution < -0.4 is 10.2 Å². The van der Waals surface area contributed by atoms with Crippen LogP contribution in [0.25, 0.3) is 0 Å². The first-order valence-electron chi connectivity index (χ1n) is 7.79. The Hall–Kier alpha value is -3.39. The number of hydrogen-bond acceptors (Lipinski definition) is 6. The van der Waals surface area contributed by atoms with Crippen LogP contribution in [0.5, 0.6) is 5.75 Å². The number of benzene rings is 2. The topological polar surface area (TPSA) is 93.5 Å². The lowest BCUT2D eigenvalue weighted by molar-refractivity contribution is 0.0734. The summed E-state index contributed by atoms with van der Waals surface area (Å²) in [5.41, 5.74) is 3.43. The molecule has 0 unspecified atom stereocenters. The summed E-state index contributed by atoms with van der Waals surface area (Å²) in [4.78, 5) is 31.9. The minimum absolute atomic E-state index is 0.139. The monoisotopic (exact) mass is 424 g/mol. The van der Waals surface area contributed by atoms with E-state index in [4.69, 9.17) is 4.74 Å². The van der Waals surface area contributed by atoms with E-state index in [1.54, 1.807) is 42.5 Å². The lowest BCUT2D eigenvalue weighted by Gasteiger charge is -2.08. The van der Waals surface area contributed by atoms with Crippen molar-refractivity contribution in [2.45, 2.75) is 0 Å². The standard InChI is InChI=1S/C19H13BrN4O3/c20-15-6-7-17(27-19(26)13-4-2-1-3-5-13)14(10-15)11-23-24-18(25)16-12-21-8-9-22-16/h1-12H,(H,24,25)/b23-11-. The molecule has 8 heteroatoms. The van der Waals surface area contributed by atoms with E-state index in [1.807, 2.05) is 6.07 Å². The van der Waals surface area contributed by atoms with Crippen molar-refractivity contribution < 1.29 is 14.3 Å². The fraction of sp³-hybridized carbons (Fsp3) is 0. The number of esters is 1. The second kappa shape index (κ2) is 8.81. The van der Waals surface area contributed by atoms with E-state index in [0.717, 1.165) is 4.47 Å². The first-order chi connectivity index (χ1) is 13.1. The molecule has 0 fully saturated rings. The van der Waals surface area contributed by atoms with Gasteiger partial charge >= 0.3 is 5.97 Å². The van der Waals surface area contributed by atoms with Gasteiger partial charge in [-0.15, -0.1) is 0 Å². The Labute approximate surface area is 163 Å². The van der Waals surface area contributed by atoms with Crippen molar-refractivity contribution >= 4 is 34.0 Å². The number of carbonyl (C=O) groups excluding carboxylic acids is 2. The fourth-order valence-electron chi connectivity index (χ4n) is 2.08. The van der Waals surface area contributed by atoms with Crippen LogP contribution in [0.2, 0.25) is 0 Å². The van der Waals surface area contributed by atoms with Gasteiger partial charge < -0.3 is 4.74 Å². The average Bonchev–Trinajstić information content (AvgIpc) is 2.71. The van der Waals surface area contributed by atoms with Crippen LogP contribution in [0.15, 0.2) is 76.7 Å². The zero-order valence-electron chi connectivity index (χ0n) is 13.9. The van der Waals surface area contributed by atoms with E-state index in [-0.39, 0.29) is 5.69 Å². The summed E-state index contributed by atoms with van der Waals surface area (Å²) < 4.78 is 6.21. The second-order valence-corrected chi connectivity index (χ2v) is 6.14. The van der Waals surface area contributed by atoms with E-state index >= 15 is 0 Å². The molecule has 0 radical (unpaired) electrons. The van der Waals surface area contributed by atoms with Crippen molar-refractivity contribution in [3.63, 3.8) is 0 Å². The molecule has 1 aromatic heterocycles. The van der Waals surface area contributed by atoms with Crippen LogP contribution in [-0.4, -0.2) is 28.1 Å². The Morgan fingerprint density at radius 3 is 2.67 bits per heavy atom. The number of nitrogens with zero attached hydrogens (tertiary/aromatic N) is 3. The highest BCUT2D eigenvalue weighted by Gasteiger charge is 2.11. The summed E-state index contributed by atoms with van der Waals surface area (Å²) in [7, 11) is 0. The number of ether oxygens (including phenoxy) is 1. The van der Waals surface area contributed by atoms with Crippen LogP contribution in [0.1, 0.15) is 26.4 Å². The molecule has 0 bridgehead atoms. The fourth-order valence-corrected chi connectivity index (χ4v) is 2.46. The molecule has 1 amide bonds. The molecule has 0 atom stereocenters. The van der Waals surface area contributed by atoms with Crippen molar-refractivity contribution in [1.82, 2.24) is 15.4 Å². The molecule has 0 spiro atoms. The van der Waals surface area contributed by atoms with Gasteiger partial charge in [0.25, 0.3) is 5.91 Å². The van der Waals surface area contributed by atoms with Crippen LogP contribution in [0.3, 0.4) is 0 Å². The zero-order chi connectivity index (χ0) is 19.1. The summed E-state index contributed by atoms with van der Waals surface area (Å²) in [5, 5.41) is 3.90. The summed E-state index contributed by atoms with van der Waals surface area (Å²) in [6, 6.07) is 13.7. The van der Waals surface area contributed by atoms with Crippen molar-refractivity contribution in [1.29, 1.82) is 0 Å². The number of rotatable bonds is 5. The molecule has 0 saturated heterocycles. The number of hydrogen-bond donors (Lipinski definition) is 1. The summed E-state index contributed by atoms with van der Waals surface area (Å²) in [6.07, 6.45) is 5.59. The number of halogens is 1. The van der Waals surface area contributed by atoms with Gasteiger partial charge in [-0.1, -0.05) is 34.1 Å². The van der Waals surface area contributed by atoms with E-state index in [0.29, 0.717) is 16.9 Å². The third-order valence-corrected chi connectivity index (χ3v) is 3.84. The molecule has 134 valence electrons. The average molecular weight is 425 g/mol. The highest BCUT2D eigenvalue weighted by molar-refractivity contribution is 9.10. The second-order valence-electron chi connectivity index (χ2n) is 5.23. The molecule has 0 aliphatic heterocycles. The quantitative estimate of drug-likeness (QED) is 0.293. The van der Waals surface area contributed by atoms with E-state index in [1.165, 1.54) is 24.8 Å². The Kier molecular flexibility index (Phi) is 6.01. The maximum absolute atomic E-state index is 12.3. The Balaban J connectivity index is 1.74. The third kappa shape index (κ3) is 5.05. The van der Waals surface area contributed by atoms with Crippen LogP contribution >= 0.6 is 15.9 Å². The molecule has 0 saturated carbocycles. The molecule has 1 heterocycles. The normalized spacial score (nSPS) is 10.6. The van der Waals surface area contributed by atoms with Gasteiger partial charge in [-0.05, 0) is 30.3 Å². The molecule has 3 aromatic rings. The SMILES string of the molecule is O=C(Oc1ccc(Br)cc1/C=N\NC(=O)c1cnccn1)c1ccccc1. The first-order valence-corrected chi connectivity index (χ1v) is 8.59. The minimum Gasteiger partial charge on any atom is -0.422 e. The number of amides is 1. The molecule has 27 heavy (non-hydrogen) atoms. The number of carbonyl (C=O) groups is 2. The maximum Gasteiger partial charge on any atom is 0.343 e. The zero-order valence-corrected chi connectivity index (χ0v) is 15.5. The highest BCUT2D eigenvalue weighted by atomic mass is 79.9. The maximum atomic E-state index is 12.3. The molecular weight excluding hydrogens is 412 g/mol. The predicted octanol–water partition coefficient (Wildman–Crippen LogP) is 3.22. The number of hydrazone groups is 1. The van der Waals surface area contributed by atoms with Crippen molar-refractivity contribution in [2.24, 2.45) is 5.10 Å². The van der Waals surface area contributed by atoms with Crippen molar-refractivity contribution in [3.8, 4) is 5.75 Å². The molecule has 1 N–H and O–H groups in total. The van der Waals surface area contributed by atoms with Crippen LogP contribution in [-0.2, 0) is 0 Å². The number of nitrogens with one attached hydrogen (secondary N) is 1. The van der Waals surface area contributed by atoms with Crippen molar-refractivity contribution in [3.05, 3.63) is 88.4 Å².